The summed E-state index contributed by atoms with van der Waals surface area (Å²) in [6.07, 6.45) is 0. The molecule has 5 heteroatoms. The van der Waals surface area contributed by atoms with Crippen LogP contribution in [0.5, 0.6) is 11.5 Å². The molecule has 0 saturated carbocycles. The standard InChI is InChI=1S/C14H13F2NO2/c1-8-4-10(18)2-3-13(8)17-7-9-5-11(15)14(19)12(16)6-9/h2-6,17-19H,7H2,1H3. The first-order chi connectivity index (χ1) is 8.97. The average Bonchev–Trinajstić information content (AvgIpc) is 2.34. The molecule has 0 spiro atoms. The van der Waals surface area contributed by atoms with Crippen LogP contribution in [0, 0.1) is 18.6 Å². The number of nitrogens with one attached hydrogen (secondary N) is 1. The monoisotopic (exact) mass is 265 g/mol. The molecule has 2 aromatic rings. The molecule has 0 atom stereocenters. The maximum atomic E-state index is 13.1. The Kier molecular flexibility index (Phi) is 3.55. The molecule has 3 N–H and O–H groups in total. The summed E-state index contributed by atoms with van der Waals surface area (Å²) in [6.45, 7) is 2.01. The summed E-state index contributed by atoms with van der Waals surface area (Å²) in [5.41, 5.74) is 1.95. The van der Waals surface area contributed by atoms with Gasteiger partial charge in [0.05, 0.1) is 0 Å². The first-order valence-electron chi connectivity index (χ1n) is 5.68. The van der Waals surface area contributed by atoms with Crippen LogP contribution in [0.1, 0.15) is 11.1 Å². The van der Waals surface area contributed by atoms with Crippen LogP contribution in [0.25, 0.3) is 0 Å². The van der Waals surface area contributed by atoms with Crippen molar-refractivity contribution in [3.63, 3.8) is 0 Å². The lowest BCUT2D eigenvalue weighted by Crippen LogP contribution is -2.02. The first-order valence-corrected chi connectivity index (χ1v) is 5.68. The van der Waals surface area contributed by atoms with Crippen molar-refractivity contribution >= 4 is 5.69 Å². The molecule has 0 bridgehead atoms. The van der Waals surface area contributed by atoms with Gasteiger partial charge in [0.25, 0.3) is 0 Å². The molecule has 0 aliphatic carbocycles. The van der Waals surface area contributed by atoms with Gasteiger partial charge in [-0.1, -0.05) is 0 Å². The third kappa shape index (κ3) is 2.93. The third-order valence-electron chi connectivity index (χ3n) is 2.77. The minimum atomic E-state index is -0.987. The maximum Gasteiger partial charge on any atom is 0.187 e. The van der Waals surface area contributed by atoms with E-state index in [2.05, 4.69) is 5.32 Å². The Hall–Kier alpha value is -2.30. The zero-order chi connectivity index (χ0) is 14.0. The topological polar surface area (TPSA) is 52.5 Å². The highest BCUT2D eigenvalue weighted by atomic mass is 19.1. The van der Waals surface area contributed by atoms with Crippen LogP contribution in [0.2, 0.25) is 0 Å². The van der Waals surface area contributed by atoms with E-state index >= 15 is 0 Å². The Balaban J connectivity index is 2.14. The van der Waals surface area contributed by atoms with E-state index in [1.165, 1.54) is 6.07 Å². The molecule has 0 aliphatic heterocycles. The maximum absolute atomic E-state index is 13.1. The van der Waals surface area contributed by atoms with Crippen LogP contribution in [0.4, 0.5) is 14.5 Å². The molecule has 0 unspecified atom stereocenters. The van der Waals surface area contributed by atoms with Gasteiger partial charge in [-0.05, 0) is 48.4 Å². The van der Waals surface area contributed by atoms with E-state index in [-0.39, 0.29) is 12.3 Å². The number of aryl methyl sites for hydroxylation is 1. The molecular weight excluding hydrogens is 252 g/mol. The predicted molar refractivity (Wildman–Crippen MR) is 68.2 cm³/mol. The van der Waals surface area contributed by atoms with Crippen LogP contribution in [-0.2, 0) is 6.54 Å². The van der Waals surface area contributed by atoms with Crippen LogP contribution in [0.3, 0.4) is 0 Å². The fraction of sp³-hybridized carbons (Fsp3) is 0.143. The molecule has 100 valence electrons. The van der Waals surface area contributed by atoms with Gasteiger partial charge < -0.3 is 15.5 Å². The second kappa shape index (κ2) is 5.14. The average molecular weight is 265 g/mol. The summed E-state index contributed by atoms with van der Waals surface area (Å²) in [6, 6.07) is 6.92. The Bertz CT molecular complexity index is 591. The van der Waals surface area contributed by atoms with Gasteiger partial charge in [-0.25, -0.2) is 8.78 Å². The minimum Gasteiger partial charge on any atom is -0.508 e. The summed E-state index contributed by atoms with van der Waals surface area (Å²) >= 11 is 0. The van der Waals surface area contributed by atoms with Crippen molar-refractivity contribution in [2.45, 2.75) is 13.5 Å². The number of phenols is 2. The highest BCUT2D eigenvalue weighted by Gasteiger charge is 2.09. The number of hydrogen-bond donors (Lipinski definition) is 3. The van der Waals surface area contributed by atoms with Crippen LogP contribution in [0.15, 0.2) is 30.3 Å². The third-order valence-corrected chi connectivity index (χ3v) is 2.77. The van der Waals surface area contributed by atoms with Crippen molar-refractivity contribution in [2.24, 2.45) is 0 Å². The smallest absolute Gasteiger partial charge is 0.187 e. The van der Waals surface area contributed by atoms with Crippen molar-refractivity contribution in [3.8, 4) is 11.5 Å². The van der Waals surface area contributed by atoms with Gasteiger partial charge in [-0.2, -0.15) is 0 Å². The van der Waals surface area contributed by atoms with Gasteiger partial charge in [-0.15, -0.1) is 0 Å². The second-order valence-electron chi connectivity index (χ2n) is 4.26. The fourth-order valence-corrected chi connectivity index (χ4v) is 1.76. The van der Waals surface area contributed by atoms with Crippen LogP contribution >= 0.6 is 0 Å². The molecule has 0 aromatic heterocycles. The Morgan fingerprint density at radius 1 is 1.05 bits per heavy atom. The largest absolute Gasteiger partial charge is 0.508 e. The summed E-state index contributed by atoms with van der Waals surface area (Å²) in [5, 5.41) is 21.3. The molecule has 0 fully saturated rings. The van der Waals surface area contributed by atoms with Crippen molar-refractivity contribution in [1.29, 1.82) is 0 Å². The molecule has 0 heterocycles. The summed E-state index contributed by atoms with van der Waals surface area (Å²) in [5.74, 6) is -2.78. The highest BCUT2D eigenvalue weighted by molar-refractivity contribution is 5.53. The van der Waals surface area contributed by atoms with E-state index < -0.39 is 17.4 Å². The number of benzene rings is 2. The van der Waals surface area contributed by atoms with Crippen LogP contribution < -0.4 is 5.32 Å². The normalized spacial score (nSPS) is 10.5. The Morgan fingerprint density at radius 2 is 1.68 bits per heavy atom. The summed E-state index contributed by atoms with van der Waals surface area (Å²) in [7, 11) is 0. The zero-order valence-electron chi connectivity index (χ0n) is 10.2. The number of halogens is 2. The lowest BCUT2D eigenvalue weighted by atomic mass is 10.1. The molecule has 0 aliphatic rings. The van der Waals surface area contributed by atoms with Gasteiger partial charge in [0, 0.05) is 12.2 Å². The highest BCUT2D eigenvalue weighted by Crippen LogP contribution is 2.23. The van der Waals surface area contributed by atoms with Gasteiger partial charge >= 0.3 is 0 Å². The Labute approximate surface area is 109 Å². The summed E-state index contributed by atoms with van der Waals surface area (Å²) < 4.78 is 26.3. The van der Waals surface area contributed by atoms with E-state index in [0.29, 0.717) is 5.56 Å². The van der Waals surface area contributed by atoms with E-state index in [0.717, 1.165) is 23.4 Å². The van der Waals surface area contributed by atoms with E-state index in [1.54, 1.807) is 19.1 Å². The van der Waals surface area contributed by atoms with Crippen molar-refractivity contribution in [3.05, 3.63) is 53.1 Å². The molecule has 2 rings (SSSR count). The number of rotatable bonds is 3. The lowest BCUT2D eigenvalue weighted by Gasteiger charge is -2.10. The van der Waals surface area contributed by atoms with Gasteiger partial charge in [0.1, 0.15) is 5.75 Å². The summed E-state index contributed by atoms with van der Waals surface area (Å²) in [4.78, 5) is 0. The van der Waals surface area contributed by atoms with Crippen molar-refractivity contribution < 1.29 is 19.0 Å². The van der Waals surface area contributed by atoms with E-state index in [9.17, 15) is 13.9 Å². The van der Waals surface area contributed by atoms with Crippen molar-refractivity contribution in [1.82, 2.24) is 0 Å². The molecule has 0 saturated heterocycles. The molecule has 2 aromatic carbocycles. The molecule has 3 nitrogen and oxygen atoms in total. The molecular formula is C14H13F2NO2. The number of aromatic hydroxyl groups is 2. The van der Waals surface area contributed by atoms with Gasteiger partial charge in [0.2, 0.25) is 0 Å². The van der Waals surface area contributed by atoms with E-state index in [1.807, 2.05) is 0 Å². The predicted octanol–water partition coefficient (Wildman–Crippen LogP) is 3.30. The minimum absolute atomic E-state index is 0.157. The quantitative estimate of drug-likeness (QED) is 0.746. The van der Waals surface area contributed by atoms with Gasteiger partial charge in [0.15, 0.2) is 17.4 Å². The number of phenolic OH excluding ortho intramolecular Hbond substituents is 2. The Morgan fingerprint density at radius 3 is 2.26 bits per heavy atom. The number of anilines is 1. The van der Waals surface area contributed by atoms with Crippen molar-refractivity contribution in [2.75, 3.05) is 5.32 Å². The van der Waals surface area contributed by atoms with Gasteiger partial charge in [-0.3, -0.25) is 0 Å². The fourth-order valence-electron chi connectivity index (χ4n) is 1.76. The number of hydrogen-bond acceptors (Lipinski definition) is 3. The SMILES string of the molecule is Cc1cc(O)ccc1NCc1cc(F)c(O)c(F)c1. The molecule has 0 amide bonds. The first kappa shape index (κ1) is 13.1. The van der Waals surface area contributed by atoms with E-state index in [4.69, 9.17) is 5.11 Å². The lowest BCUT2D eigenvalue weighted by molar-refractivity contribution is 0.395. The molecule has 0 radical (unpaired) electrons. The molecule has 19 heavy (non-hydrogen) atoms. The second-order valence-corrected chi connectivity index (χ2v) is 4.26. The van der Waals surface area contributed by atoms with Crippen LogP contribution in [-0.4, -0.2) is 10.2 Å². The zero-order valence-corrected chi connectivity index (χ0v) is 10.2.